The van der Waals surface area contributed by atoms with Crippen LogP contribution in [0.5, 0.6) is 23.0 Å². The van der Waals surface area contributed by atoms with Crippen LogP contribution in [0.1, 0.15) is 12.5 Å². The molecule has 0 heterocycles. The molecule has 0 atom stereocenters. The van der Waals surface area contributed by atoms with Gasteiger partial charge in [0.25, 0.3) is 5.91 Å². The Morgan fingerprint density at radius 2 is 1.93 bits per heavy atom. The minimum absolute atomic E-state index is 0.0440. The third kappa shape index (κ3) is 5.10. The summed E-state index contributed by atoms with van der Waals surface area (Å²) in [5, 5.41) is 24.6. The summed E-state index contributed by atoms with van der Waals surface area (Å²) in [5.74, 6) is -0.334. The molecule has 0 aliphatic carbocycles. The number of amides is 1. The highest BCUT2D eigenvalue weighted by Crippen LogP contribution is 2.37. The topological polar surface area (TPSA) is 133 Å². The van der Waals surface area contributed by atoms with Crippen LogP contribution in [0.2, 0.25) is 0 Å². The molecule has 1 amide bonds. The van der Waals surface area contributed by atoms with Gasteiger partial charge in [-0.3, -0.25) is 14.9 Å². The fourth-order valence-corrected chi connectivity index (χ4v) is 2.26. The van der Waals surface area contributed by atoms with E-state index in [0.717, 1.165) is 6.21 Å². The molecule has 0 spiro atoms. The normalized spacial score (nSPS) is 10.5. The first-order valence-corrected chi connectivity index (χ1v) is 8.18. The molecule has 0 bridgehead atoms. The smallest absolute Gasteiger partial charge is 0.323 e. The van der Waals surface area contributed by atoms with Gasteiger partial charge in [-0.25, -0.2) is 5.43 Å². The molecule has 0 saturated heterocycles. The van der Waals surface area contributed by atoms with Crippen LogP contribution in [-0.4, -0.2) is 42.5 Å². The van der Waals surface area contributed by atoms with Crippen LogP contribution in [0.25, 0.3) is 0 Å². The number of nitro groups is 1. The Labute approximate surface area is 160 Å². The maximum atomic E-state index is 11.9. The van der Waals surface area contributed by atoms with Crippen LogP contribution in [-0.2, 0) is 4.79 Å². The van der Waals surface area contributed by atoms with Crippen LogP contribution in [0, 0.1) is 10.1 Å². The predicted octanol–water partition coefficient (Wildman–Crippen LogP) is 2.24. The van der Waals surface area contributed by atoms with E-state index in [1.807, 2.05) is 6.92 Å². The summed E-state index contributed by atoms with van der Waals surface area (Å²) in [5.41, 5.74) is 1.78. The van der Waals surface area contributed by atoms with Gasteiger partial charge in [0.05, 0.1) is 30.4 Å². The average molecular weight is 389 g/mol. The number of methoxy groups -OCH3 is 1. The number of hydrogen-bond acceptors (Lipinski definition) is 8. The number of para-hydroxylation sites is 2. The Morgan fingerprint density at radius 1 is 1.25 bits per heavy atom. The van der Waals surface area contributed by atoms with Crippen molar-refractivity contribution in [2.24, 2.45) is 5.10 Å². The average Bonchev–Trinajstić information content (AvgIpc) is 2.68. The second kappa shape index (κ2) is 9.76. The summed E-state index contributed by atoms with van der Waals surface area (Å²) < 4.78 is 15.6. The molecule has 0 aliphatic rings. The summed E-state index contributed by atoms with van der Waals surface area (Å²) in [6.07, 6.45) is 1.08. The highest BCUT2D eigenvalue weighted by Gasteiger charge is 2.23. The van der Waals surface area contributed by atoms with Crippen molar-refractivity contribution in [2.75, 3.05) is 20.3 Å². The Bertz CT molecular complexity index is 883. The second-order valence-electron chi connectivity index (χ2n) is 5.27. The van der Waals surface area contributed by atoms with Gasteiger partial charge < -0.3 is 19.3 Å². The maximum absolute atomic E-state index is 11.9. The molecule has 0 radical (unpaired) electrons. The van der Waals surface area contributed by atoms with Crippen molar-refractivity contribution in [1.82, 2.24) is 5.43 Å². The lowest BCUT2D eigenvalue weighted by Crippen LogP contribution is -2.24. The number of hydrazone groups is 1. The number of rotatable bonds is 9. The highest BCUT2D eigenvalue weighted by atomic mass is 16.6. The Hall–Kier alpha value is -3.82. The number of aromatic hydroxyl groups is 1. The number of carbonyl (C=O) groups is 1. The largest absolute Gasteiger partial charge is 0.504 e. The van der Waals surface area contributed by atoms with Gasteiger partial charge in [-0.2, -0.15) is 5.10 Å². The summed E-state index contributed by atoms with van der Waals surface area (Å²) >= 11 is 0. The molecule has 2 N–H and O–H groups in total. The van der Waals surface area contributed by atoms with Crippen LogP contribution in [0.3, 0.4) is 0 Å². The molecule has 10 heteroatoms. The number of nitrogens with zero attached hydrogens (tertiary/aromatic N) is 2. The lowest BCUT2D eigenvalue weighted by Gasteiger charge is -2.10. The summed E-state index contributed by atoms with van der Waals surface area (Å²) in [7, 11) is 1.20. The van der Waals surface area contributed by atoms with Crippen molar-refractivity contribution in [3.8, 4) is 23.0 Å². The monoisotopic (exact) mass is 389 g/mol. The number of carbonyl (C=O) groups excluding carboxylic acids is 1. The van der Waals surface area contributed by atoms with Crippen molar-refractivity contribution >= 4 is 17.8 Å². The molecule has 0 unspecified atom stereocenters. The molecule has 0 aliphatic heterocycles. The Balaban J connectivity index is 2.02. The predicted molar refractivity (Wildman–Crippen MR) is 100 cm³/mol. The van der Waals surface area contributed by atoms with E-state index in [1.54, 1.807) is 24.3 Å². The van der Waals surface area contributed by atoms with Gasteiger partial charge in [-0.15, -0.1) is 0 Å². The van der Waals surface area contributed by atoms with Gasteiger partial charge in [0.2, 0.25) is 5.75 Å². The van der Waals surface area contributed by atoms with E-state index in [2.05, 4.69) is 10.5 Å². The Kier molecular flexibility index (Phi) is 7.14. The quantitative estimate of drug-likeness (QED) is 0.382. The third-order valence-corrected chi connectivity index (χ3v) is 3.43. The van der Waals surface area contributed by atoms with Crippen molar-refractivity contribution in [3.05, 3.63) is 52.1 Å². The van der Waals surface area contributed by atoms with Gasteiger partial charge in [0, 0.05) is 0 Å². The van der Waals surface area contributed by atoms with Gasteiger partial charge >= 0.3 is 5.69 Å². The summed E-state index contributed by atoms with van der Waals surface area (Å²) in [4.78, 5) is 22.4. The minimum Gasteiger partial charge on any atom is -0.504 e. The fraction of sp³-hybridized carbons (Fsp3) is 0.222. The molecule has 0 saturated carbocycles. The molecule has 28 heavy (non-hydrogen) atoms. The summed E-state index contributed by atoms with van der Waals surface area (Å²) in [6, 6.07) is 9.40. The molecule has 10 nitrogen and oxygen atoms in total. The first-order chi connectivity index (χ1) is 13.5. The number of nitro benzene ring substituents is 1. The molecule has 0 fully saturated rings. The Morgan fingerprint density at radius 3 is 2.54 bits per heavy atom. The van der Waals surface area contributed by atoms with E-state index in [1.165, 1.54) is 19.2 Å². The van der Waals surface area contributed by atoms with Crippen molar-refractivity contribution in [2.45, 2.75) is 6.92 Å². The van der Waals surface area contributed by atoms with Crippen LogP contribution < -0.4 is 19.6 Å². The van der Waals surface area contributed by atoms with Crippen LogP contribution >= 0.6 is 0 Å². The fourth-order valence-electron chi connectivity index (χ4n) is 2.26. The first-order valence-electron chi connectivity index (χ1n) is 8.18. The van der Waals surface area contributed by atoms with Crippen molar-refractivity contribution in [1.29, 1.82) is 0 Å². The lowest BCUT2D eigenvalue weighted by atomic mass is 10.1. The van der Waals surface area contributed by atoms with Gasteiger partial charge in [-0.05, 0) is 31.2 Å². The second-order valence-corrected chi connectivity index (χ2v) is 5.27. The number of phenolic OH excluding ortho intramolecular Hbond substituents is 1. The van der Waals surface area contributed by atoms with E-state index in [4.69, 9.17) is 14.2 Å². The number of benzene rings is 2. The molecule has 0 aromatic heterocycles. The zero-order valence-corrected chi connectivity index (χ0v) is 15.2. The summed E-state index contributed by atoms with van der Waals surface area (Å²) in [6.45, 7) is 1.95. The van der Waals surface area contributed by atoms with Gasteiger partial charge in [0.1, 0.15) is 0 Å². The molecule has 2 aromatic rings. The van der Waals surface area contributed by atoms with E-state index in [-0.39, 0.29) is 23.7 Å². The molecule has 2 aromatic carbocycles. The molecule has 148 valence electrons. The number of ether oxygens (including phenoxy) is 3. The van der Waals surface area contributed by atoms with Gasteiger partial charge in [0.15, 0.2) is 23.9 Å². The van der Waals surface area contributed by atoms with Gasteiger partial charge in [-0.1, -0.05) is 12.1 Å². The number of hydrogen-bond donors (Lipinski definition) is 2. The van der Waals surface area contributed by atoms with Crippen LogP contribution in [0.4, 0.5) is 5.69 Å². The van der Waals surface area contributed by atoms with Crippen LogP contribution in [0.15, 0.2) is 41.5 Å². The van der Waals surface area contributed by atoms with E-state index in [0.29, 0.717) is 18.1 Å². The maximum Gasteiger partial charge on any atom is 0.323 e. The highest BCUT2D eigenvalue weighted by molar-refractivity contribution is 5.89. The van der Waals surface area contributed by atoms with E-state index >= 15 is 0 Å². The molecular formula is C18H19N3O7. The molecular weight excluding hydrogens is 370 g/mol. The van der Waals surface area contributed by atoms with Crippen molar-refractivity contribution < 1.29 is 29.0 Å². The molecule has 2 rings (SSSR count). The van der Waals surface area contributed by atoms with E-state index in [9.17, 15) is 20.0 Å². The third-order valence-electron chi connectivity index (χ3n) is 3.43. The number of phenols is 1. The van der Waals surface area contributed by atoms with Crippen molar-refractivity contribution in [3.63, 3.8) is 0 Å². The SMILES string of the molecule is CCOc1ccccc1OCC(=O)N/N=C\c1ccc(O)c(OC)c1[N+](=O)[O-]. The number of nitrogens with one attached hydrogen (secondary N) is 1. The van der Waals surface area contributed by atoms with E-state index < -0.39 is 16.5 Å². The first kappa shape index (κ1) is 20.5. The zero-order valence-electron chi connectivity index (χ0n) is 15.2. The lowest BCUT2D eigenvalue weighted by molar-refractivity contribution is -0.386. The standard InChI is InChI=1S/C18H19N3O7/c1-3-27-14-6-4-5-7-15(14)28-11-16(23)20-19-10-12-8-9-13(22)18(26-2)17(12)21(24)25/h4-10,22H,3,11H2,1-2H3,(H,20,23)/b19-10-. The minimum atomic E-state index is -0.713. The zero-order chi connectivity index (χ0) is 20.5.